The second-order valence-corrected chi connectivity index (χ2v) is 5.78. The summed E-state index contributed by atoms with van der Waals surface area (Å²) in [6.07, 6.45) is 2.60. The van der Waals surface area contributed by atoms with Crippen LogP contribution in [0.2, 0.25) is 0 Å². The second kappa shape index (κ2) is 5.87. The molecule has 0 spiro atoms. The Morgan fingerprint density at radius 1 is 1.50 bits per heavy atom. The maximum absolute atomic E-state index is 5.84. The van der Waals surface area contributed by atoms with Crippen LogP contribution in [0.4, 0.5) is 0 Å². The van der Waals surface area contributed by atoms with Crippen LogP contribution in [0.1, 0.15) is 12.8 Å². The number of ether oxygens (including phenoxy) is 1. The van der Waals surface area contributed by atoms with Gasteiger partial charge in [-0.3, -0.25) is 0 Å². The molecule has 1 aromatic carbocycles. The lowest BCUT2D eigenvalue weighted by molar-refractivity contribution is 0.150. The van der Waals surface area contributed by atoms with Gasteiger partial charge in [-0.2, -0.15) is 0 Å². The molecule has 0 unspecified atom stereocenters. The third kappa shape index (κ3) is 3.63. The molecular weight excluding hydrogens is 313 g/mol. The van der Waals surface area contributed by atoms with E-state index in [1.54, 1.807) is 0 Å². The molecule has 3 heteroatoms. The predicted molar refractivity (Wildman–Crippen MR) is 74.9 cm³/mol. The minimum atomic E-state index is 0.691. The van der Waals surface area contributed by atoms with Crippen molar-refractivity contribution in [1.29, 1.82) is 0 Å². The molecule has 1 aliphatic rings. The molecule has 0 radical (unpaired) electrons. The number of hydrogen-bond donors (Lipinski definition) is 0. The SMILES string of the molecule is CN1CCC[C@H](COc2cccc(I)c2)C1. The third-order valence-electron chi connectivity index (χ3n) is 3.00. The van der Waals surface area contributed by atoms with Crippen LogP contribution in [-0.2, 0) is 0 Å². The van der Waals surface area contributed by atoms with Crippen LogP contribution in [0, 0.1) is 9.49 Å². The van der Waals surface area contributed by atoms with Crippen LogP contribution in [0.5, 0.6) is 5.75 Å². The number of rotatable bonds is 3. The maximum atomic E-state index is 5.84. The molecule has 1 saturated heterocycles. The fourth-order valence-electron chi connectivity index (χ4n) is 2.18. The highest BCUT2D eigenvalue weighted by Gasteiger charge is 2.17. The Labute approximate surface area is 111 Å². The average Bonchev–Trinajstić information content (AvgIpc) is 2.27. The minimum Gasteiger partial charge on any atom is -0.493 e. The van der Waals surface area contributed by atoms with Crippen LogP contribution >= 0.6 is 22.6 Å². The molecule has 0 saturated carbocycles. The van der Waals surface area contributed by atoms with Gasteiger partial charge in [-0.25, -0.2) is 0 Å². The van der Waals surface area contributed by atoms with E-state index in [0.717, 1.165) is 12.4 Å². The van der Waals surface area contributed by atoms with Crippen molar-refractivity contribution in [2.45, 2.75) is 12.8 Å². The molecule has 0 aliphatic carbocycles. The Hall–Kier alpha value is -0.290. The monoisotopic (exact) mass is 331 g/mol. The van der Waals surface area contributed by atoms with E-state index >= 15 is 0 Å². The van der Waals surface area contributed by atoms with E-state index < -0.39 is 0 Å². The van der Waals surface area contributed by atoms with Crippen LogP contribution in [0.3, 0.4) is 0 Å². The summed E-state index contributed by atoms with van der Waals surface area (Å²) in [6, 6.07) is 8.26. The van der Waals surface area contributed by atoms with Gasteiger partial charge in [0, 0.05) is 16.0 Å². The van der Waals surface area contributed by atoms with Gasteiger partial charge < -0.3 is 9.64 Å². The van der Waals surface area contributed by atoms with Crippen molar-refractivity contribution in [2.75, 3.05) is 26.7 Å². The van der Waals surface area contributed by atoms with Gasteiger partial charge in [0.2, 0.25) is 0 Å². The van der Waals surface area contributed by atoms with Crippen molar-refractivity contribution < 1.29 is 4.74 Å². The van der Waals surface area contributed by atoms with Crippen molar-refractivity contribution >= 4 is 22.6 Å². The zero-order valence-electron chi connectivity index (χ0n) is 9.66. The van der Waals surface area contributed by atoms with Gasteiger partial charge in [-0.1, -0.05) is 6.07 Å². The highest BCUT2D eigenvalue weighted by atomic mass is 127. The summed E-state index contributed by atoms with van der Waals surface area (Å²) in [7, 11) is 2.19. The topological polar surface area (TPSA) is 12.5 Å². The number of benzene rings is 1. The first-order chi connectivity index (χ1) is 7.74. The van der Waals surface area contributed by atoms with Crippen molar-refractivity contribution in [3.05, 3.63) is 27.8 Å². The van der Waals surface area contributed by atoms with Crippen molar-refractivity contribution in [3.8, 4) is 5.75 Å². The Kier molecular flexibility index (Phi) is 4.46. The fourth-order valence-corrected chi connectivity index (χ4v) is 2.69. The summed E-state index contributed by atoms with van der Waals surface area (Å²) < 4.78 is 7.08. The largest absolute Gasteiger partial charge is 0.493 e. The Balaban J connectivity index is 1.82. The Bertz CT molecular complexity index is 342. The molecular formula is C13H18INO. The highest BCUT2D eigenvalue weighted by Crippen LogP contribution is 2.19. The lowest BCUT2D eigenvalue weighted by Gasteiger charge is -2.29. The predicted octanol–water partition coefficient (Wildman–Crippen LogP) is 3.01. The molecule has 1 atom stereocenters. The number of likely N-dealkylation sites (tertiary alicyclic amines) is 1. The van der Waals surface area contributed by atoms with Crippen molar-refractivity contribution in [3.63, 3.8) is 0 Å². The molecule has 1 fully saturated rings. The normalized spacial score (nSPS) is 22.0. The summed E-state index contributed by atoms with van der Waals surface area (Å²) >= 11 is 2.31. The van der Waals surface area contributed by atoms with E-state index in [-0.39, 0.29) is 0 Å². The first kappa shape index (κ1) is 12.2. The van der Waals surface area contributed by atoms with Crippen LogP contribution in [-0.4, -0.2) is 31.6 Å². The molecule has 1 aliphatic heterocycles. The van der Waals surface area contributed by atoms with Gasteiger partial charge >= 0.3 is 0 Å². The lowest BCUT2D eigenvalue weighted by atomic mass is 10.00. The molecule has 1 aromatic rings. The van der Waals surface area contributed by atoms with E-state index in [1.807, 2.05) is 12.1 Å². The summed E-state index contributed by atoms with van der Waals surface area (Å²) in [6.45, 7) is 3.26. The molecule has 0 aromatic heterocycles. The van der Waals surface area contributed by atoms with Gasteiger partial charge in [-0.05, 0) is 67.2 Å². The average molecular weight is 331 g/mol. The molecule has 88 valence electrons. The number of piperidine rings is 1. The summed E-state index contributed by atoms with van der Waals surface area (Å²) in [5, 5.41) is 0. The molecule has 0 bridgehead atoms. The molecule has 0 N–H and O–H groups in total. The van der Waals surface area contributed by atoms with Gasteiger partial charge in [0.05, 0.1) is 6.61 Å². The third-order valence-corrected chi connectivity index (χ3v) is 3.67. The molecule has 2 nitrogen and oxygen atoms in total. The number of hydrogen-bond acceptors (Lipinski definition) is 2. The zero-order chi connectivity index (χ0) is 11.4. The van der Waals surface area contributed by atoms with E-state index in [0.29, 0.717) is 5.92 Å². The van der Waals surface area contributed by atoms with Gasteiger partial charge in [0.1, 0.15) is 5.75 Å². The van der Waals surface area contributed by atoms with E-state index in [2.05, 4.69) is 46.7 Å². The molecule has 16 heavy (non-hydrogen) atoms. The van der Waals surface area contributed by atoms with Crippen LogP contribution in [0.15, 0.2) is 24.3 Å². The number of nitrogens with zero attached hydrogens (tertiary/aromatic N) is 1. The maximum Gasteiger partial charge on any atom is 0.120 e. The first-order valence-electron chi connectivity index (χ1n) is 5.81. The second-order valence-electron chi connectivity index (χ2n) is 4.54. The number of halogens is 1. The molecule has 1 heterocycles. The van der Waals surface area contributed by atoms with Crippen molar-refractivity contribution in [2.24, 2.45) is 5.92 Å². The summed E-state index contributed by atoms with van der Waals surface area (Å²) in [5.74, 6) is 1.69. The molecule has 2 rings (SSSR count). The van der Waals surface area contributed by atoms with Gasteiger partial charge in [0.15, 0.2) is 0 Å². The zero-order valence-corrected chi connectivity index (χ0v) is 11.8. The first-order valence-corrected chi connectivity index (χ1v) is 6.89. The standard InChI is InChI=1S/C13H18INO/c1-15-7-3-4-11(9-15)10-16-13-6-2-5-12(14)8-13/h2,5-6,8,11H,3-4,7,9-10H2,1H3/t11-/m0/s1. The quantitative estimate of drug-likeness (QED) is 0.790. The van der Waals surface area contributed by atoms with Gasteiger partial charge in [0.25, 0.3) is 0 Å². The van der Waals surface area contributed by atoms with Crippen LogP contribution in [0.25, 0.3) is 0 Å². The van der Waals surface area contributed by atoms with E-state index in [1.165, 1.54) is 29.5 Å². The Morgan fingerprint density at radius 2 is 2.38 bits per heavy atom. The smallest absolute Gasteiger partial charge is 0.120 e. The van der Waals surface area contributed by atoms with E-state index in [4.69, 9.17) is 4.74 Å². The lowest BCUT2D eigenvalue weighted by Crippen LogP contribution is -2.34. The summed E-state index contributed by atoms with van der Waals surface area (Å²) in [5.41, 5.74) is 0. The molecule has 0 amide bonds. The Morgan fingerprint density at radius 3 is 3.12 bits per heavy atom. The van der Waals surface area contributed by atoms with E-state index in [9.17, 15) is 0 Å². The highest BCUT2D eigenvalue weighted by molar-refractivity contribution is 14.1. The fraction of sp³-hybridized carbons (Fsp3) is 0.538. The van der Waals surface area contributed by atoms with Crippen LogP contribution < -0.4 is 4.74 Å². The van der Waals surface area contributed by atoms with Crippen molar-refractivity contribution in [1.82, 2.24) is 4.90 Å². The summed E-state index contributed by atoms with van der Waals surface area (Å²) in [4.78, 5) is 2.40. The minimum absolute atomic E-state index is 0.691. The van der Waals surface area contributed by atoms with Gasteiger partial charge in [-0.15, -0.1) is 0 Å².